The zero-order valence-electron chi connectivity index (χ0n) is 12.5. The molecule has 0 atom stereocenters. The van der Waals surface area contributed by atoms with Gasteiger partial charge >= 0.3 is 12.1 Å². The van der Waals surface area contributed by atoms with Crippen molar-refractivity contribution in [3.8, 4) is 10.9 Å². The lowest BCUT2D eigenvalue weighted by molar-refractivity contribution is -0.144. The minimum absolute atomic E-state index is 0.0381. The zero-order valence-corrected chi connectivity index (χ0v) is 13.3. The molecule has 0 amide bonds. The highest BCUT2D eigenvalue weighted by Crippen LogP contribution is 2.34. The van der Waals surface area contributed by atoms with E-state index in [0.29, 0.717) is 11.5 Å². The van der Waals surface area contributed by atoms with E-state index >= 15 is 0 Å². The molecule has 24 heavy (non-hydrogen) atoms. The summed E-state index contributed by atoms with van der Waals surface area (Å²) in [5, 5.41) is -0.309. The van der Waals surface area contributed by atoms with E-state index in [0.717, 1.165) is 6.26 Å². The van der Waals surface area contributed by atoms with E-state index in [-0.39, 0.29) is 22.1 Å². The molecule has 0 N–H and O–H groups in total. The lowest BCUT2D eigenvalue weighted by Gasteiger charge is -2.10. The number of carbonyl (C=O) groups excluding carboxylic acids is 1. The summed E-state index contributed by atoms with van der Waals surface area (Å²) in [5.41, 5.74) is 0.311. The number of nitrogens with zero attached hydrogens (tertiary/aromatic N) is 2. The molecule has 0 saturated heterocycles. The molecule has 0 aliphatic rings. The normalized spacial score (nSPS) is 12.0. The highest BCUT2D eigenvalue weighted by molar-refractivity contribution is 7.07. The van der Waals surface area contributed by atoms with Crippen molar-refractivity contribution in [2.75, 3.05) is 14.2 Å². The van der Waals surface area contributed by atoms with Crippen molar-refractivity contribution < 1.29 is 32.2 Å². The number of rotatable bonds is 5. The van der Waals surface area contributed by atoms with Crippen LogP contribution in [0.1, 0.15) is 11.4 Å². The van der Waals surface area contributed by atoms with Gasteiger partial charge in [-0.1, -0.05) is 18.2 Å². The number of alkyl halides is 3. The average Bonchev–Trinajstić information content (AvgIpc) is 3.01. The first kappa shape index (κ1) is 17.7. The number of ether oxygens (including phenoxy) is 3. The first-order chi connectivity index (χ1) is 11.4. The van der Waals surface area contributed by atoms with Gasteiger partial charge in [0.2, 0.25) is 0 Å². The van der Waals surface area contributed by atoms with Crippen LogP contribution in [0, 0.1) is 0 Å². The van der Waals surface area contributed by atoms with Crippen LogP contribution in [0.4, 0.5) is 13.2 Å². The van der Waals surface area contributed by atoms with Crippen molar-refractivity contribution in [2.45, 2.75) is 6.18 Å². The van der Waals surface area contributed by atoms with Crippen molar-refractivity contribution in [3.05, 3.63) is 41.9 Å². The number of methoxy groups -OCH3 is 2. The Labute approximate surface area is 138 Å². The number of hydrogen-bond acceptors (Lipinski definition) is 7. The van der Waals surface area contributed by atoms with Crippen LogP contribution in [-0.4, -0.2) is 29.5 Å². The third-order valence-electron chi connectivity index (χ3n) is 2.68. The summed E-state index contributed by atoms with van der Waals surface area (Å²) in [5.74, 6) is -1.88. The minimum atomic E-state index is -4.66. The molecule has 0 aliphatic heterocycles. The second-order valence-electron chi connectivity index (χ2n) is 4.24. The summed E-state index contributed by atoms with van der Waals surface area (Å²) in [6.45, 7) is 0. The molecule has 6 nitrogen and oxygen atoms in total. The van der Waals surface area contributed by atoms with Gasteiger partial charge in [0.15, 0.2) is 0 Å². The zero-order chi connectivity index (χ0) is 17.7. The molecule has 10 heteroatoms. The smallest absolute Gasteiger partial charge is 0.452 e. The third kappa shape index (κ3) is 4.02. The Balaban J connectivity index is 2.37. The van der Waals surface area contributed by atoms with E-state index in [2.05, 4.69) is 14.1 Å². The van der Waals surface area contributed by atoms with Gasteiger partial charge in [0, 0.05) is 17.1 Å². The van der Waals surface area contributed by atoms with Gasteiger partial charge < -0.3 is 14.2 Å². The van der Waals surface area contributed by atoms with Gasteiger partial charge in [-0.25, -0.2) is 4.79 Å². The predicted molar refractivity (Wildman–Crippen MR) is 78.4 cm³/mol. The Morgan fingerprint density at radius 1 is 1.25 bits per heavy atom. The van der Waals surface area contributed by atoms with Gasteiger partial charge in [-0.2, -0.15) is 22.5 Å². The average molecular weight is 360 g/mol. The van der Waals surface area contributed by atoms with Gasteiger partial charge in [-0.3, -0.25) is 0 Å². The number of esters is 1. The Hall–Kier alpha value is -2.62. The molecular weight excluding hydrogens is 349 g/mol. The first-order valence-corrected chi connectivity index (χ1v) is 7.13. The predicted octanol–water partition coefficient (Wildman–Crippen LogP) is 3.51. The Kier molecular flexibility index (Phi) is 5.39. The number of aromatic nitrogens is 2. The van der Waals surface area contributed by atoms with E-state index in [4.69, 9.17) is 9.47 Å². The fourth-order valence-corrected chi connectivity index (χ4v) is 2.25. The molecule has 0 spiro atoms. The van der Waals surface area contributed by atoms with Crippen molar-refractivity contribution in [1.29, 1.82) is 0 Å². The molecule has 128 valence electrons. The summed E-state index contributed by atoms with van der Waals surface area (Å²) < 4.78 is 55.7. The second kappa shape index (κ2) is 7.30. The third-order valence-corrected chi connectivity index (χ3v) is 3.27. The Morgan fingerprint density at radius 2 is 1.96 bits per heavy atom. The van der Waals surface area contributed by atoms with Crippen LogP contribution in [0.15, 0.2) is 30.5 Å². The maximum Gasteiger partial charge on any atom is 0.452 e. The SMILES string of the molecule is CO/C=C(/C(=O)OC)c1ccccc1Oc1nc(C(F)(F)F)ns1. The maximum atomic E-state index is 12.5. The minimum Gasteiger partial charge on any atom is -0.503 e. The van der Waals surface area contributed by atoms with Crippen molar-refractivity contribution in [3.63, 3.8) is 0 Å². The van der Waals surface area contributed by atoms with Crippen LogP contribution in [-0.2, 0) is 20.4 Å². The highest BCUT2D eigenvalue weighted by Gasteiger charge is 2.36. The largest absolute Gasteiger partial charge is 0.503 e. The summed E-state index contributed by atoms with van der Waals surface area (Å²) in [7, 11) is 2.53. The standard InChI is InChI=1S/C14H11F3N2O4S/c1-21-7-9(11(20)22-2)8-5-3-4-6-10(8)23-13-18-12(19-24-13)14(15,16)17/h3-7H,1-2H3/b9-7+. The fourth-order valence-electron chi connectivity index (χ4n) is 1.69. The monoisotopic (exact) mass is 360 g/mol. The molecule has 1 aromatic heterocycles. The summed E-state index contributed by atoms with van der Waals surface area (Å²) in [6.07, 6.45) is -3.51. The molecule has 0 saturated carbocycles. The molecule has 1 aromatic carbocycles. The number of hydrogen-bond donors (Lipinski definition) is 0. The van der Waals surface area contributed by atoms with Crippen LogP contribution in [0.5, 0.6) is 10.9 Å². The molecule has 1 heterocycles. The van der Waals surface area contributed by atoms with Crippen molar-refractivity contribution >= 4 is 23.1 Å². The molecule has 0 aliphatic carbocycles. The van der Waals surface area contributed by atoms with Crippen LogP contribution >= 0.6 is 11.5 Å². The van der Waals surface area contributed by atoms with Gasteiger partial charge in [-0.15, -0.1) is 0 Å². The molecule has 2 rings (SSSR count). The number of benzene rings is 1. The Bertz CT molecular complexity index is 758. The van der Waals surface area contributed by atoms with Crippen LogP contribution in [0.25, 0.3) is 5.57 Å². The van der Waals surface area contributed by atoms with E-state index in [1.165, 1.54) is 26.4 Å². The maximum absolute atomic E-state index is 12.5. The Morgan fingerprint density at radius 3 is 2.54 bits per heavy atom. The fraction of sp³-hybridized carbons (Fsp3) is 0.214. The van der Waals surface area contributed by atoms with Crippen LogP contribution < -0.4 is 4.74 Å². The molecule has 0 fully saturated rings. The lowest BCUT2D eigenvalue weighted by Crippen LogP contribution is -2.07. The lowest BCUT2D eigenvalue weighted by atomic mass is 10.1. The van der Waals surface area contributed by atoms with Crippen molar-refractivity contribution in [1.82, 2.24) is 9.36 Å². The first-order valence-electron chi connectivity index (χ1n) is 6.36. The number of carbonyl (C=O) groups is 1. The molecule has 0 unspecified atom stereocenters. The molecular formula is C14H11F3N2O4S. The van der Waals surface area contributed by atoms with Gasteiger partial charge in [0.1, 0.15) is 11.3 Å². The van der Waals surface area contributed by atoms with Gasteiger partial charge in [-0.05, 0) is 6.07 Å². The summed E-state index contributed by atoms with van der Waals surface area (Å²) in [4.78, 5) is 15.1. The van der Waals surface area contributed by atoms with Crippen LogP contribution in [0.2, 0.25) is 0 Å². The quantitative estimate of drug-likeness (QED) is 0.462. The van der Waals surface area contributed by atoms with E-state index in [9.17, 15) is 18.0 Å². The molecule has 2 aromatic rings. The van der Waals surface area contributed by atoms with Crippen molar-refractivity contribution in [2.24, 2.45) is 0 Å². The van der Waals surface area contributed by atoms with E-state index < -0.39 is 18.0 Å². The van der Waals surface area contributed by atoms with E-state index in [1.54, 1.807) is 12.1 Å². The summed E-state index contributed by atoms with van der Waals surface area (Å²) >= 11 is 0.449. The number of halogens is 3. The molecule has 0 bridgehead atoms. The highest BCUT2D eigenvalue weighted by atomic mass is 32.1. The van der Waals surface area contributed by atoms with Gasteiger partial charge in [0.25, 0.3) is 11.0 Å². The van der Waals surface area contributed by atoms with E-state index in [1.807, 2.05) is 0 Å². The topological polar surface area (TPSA) is 70.5 Å². The van der Waals surface area contributed by atoms with Gasteiger partial charge in [0.05, 0.1) is 20.5 Å². The number of para-hydroxylation sites is 1. The summed E-state index contributed by atoms with van der Waals surface area (Å²) in [6, 6.07) is 6.21. The molecule has 0 radical (unpaired) electrons. The van der Waals surface area contributed by atoms with Crippen LogP contribution in [0.3, 0.4) is 0 Å². The second-order valence-corrected chi connectivity index (χ2v) is 4.95.